The number of hydrogen-bond donors (Lipinski definition) is 4. The van der Waals surface area contributed by atoms with Crippen molar-refractivity contribution in [3.05, 3.63) is 176 Å². The van der Waals surface area contributed by atoms with Gasteiger partial charge in [0.15, 0.2) is 0 Å². The van der Waals surface area contributed by atoms with Crippen LogP contribution in [0.15, 0.2) is 97.3 Å². The van der Waals surface area contributed by atoms with Crippen LogP contribution < -0.4 is 30.5 Å². The van der Waals surface area contributed by atoms with Crippen molar-refractivity contribution in [2.75, 3.05) is 74.1 Å². The van der Waals surface area contributed by atoms with Crippen LogP contribution in [0, 0.1) is 29.2 Å². The maximum absolute atomic E-state index is 15.5. The van der Waals surface area contributed by atoms with Crippen molar-refractivity contribution < 1.29 is 59.8 Å². The fourth-order valence-corrected chi connectivity index (χ4v) is 10.5. The van der Waals surface area contributed by atoms with Gasteiger partial charge in [-0.1, -0.05) is 29.8 Å². The molecule has 4 heterocycles. The number of alkyl halides is 3. The van der Waals surface area contributed by atoms with Gasteiger partial charge >= 0.3 is 6.18 Å². The third-order valence-corrected chi connectivity index (χ3v) is 15.2. The Bertz CT molecular complexity index is 3290. The van der Waals surface area contributed by atoms with E-state index in [1.165, 1.54) is 59.8 Å². The Morgan fingerprint density at radius 1 is 0.790 bits per heavy atom. The molecule has 3 aliphatic heterocycles. The molecule has 0 unspecified atom stereocenters. The van der Waals surface area contributed by atoms with Crippen molar-refractivity contribution in [2.45, 2.75) is 64.5 Å². The number of piperazine rings is 1. The highest BCUT2D eigenvalue weighted by Crippen LogP contribution is 2.43. The Morgan fingerprint density at radius 2 is 1.53 bits per heavy atom. The quantitative estimate of drug-likeness (QED) is 0.0478. The number of rotatable bonds is 18. The van der Waals surface area contributed by atoms with E-state index in [4.69, 9.17) is 16.3 Å². The molecule has 3 aliphatic rings. The lowest BCUT2D eigenvalue weighted by Crippen LogP contribution is -2.50. The van der Waals surface area contributed by atoms with Crippen molar-refractivity contribution in [1.82, 2.24) is 30.4 Å². The van der Waals surface area contributed by atoms with E-state index in [-0.39, 0.29) is 71.7 Å². The number of nitrogens with zero attached hydrogens (tertiary/aromatic N) is 6. The molecule has 15 nitrogen and oxygen atoms in total. The molecule has 23 heteroatoms. The lowest BCUT2D eigenvalue weighted by molar-refractivity contribution is -0.140. The molecule has 426 valence electrons. The molecule has 9 rings (SSSR count). The number of piperidine rings is 1. The van der Waals surface area contributed by atoms with Crippen LogP contribution in [0.1, 0.15) is 91.3 Å². The standard InChI is InChI=1S/C58H57ClF7N9O6/c1-57(2)42-9-7-36(26-50(42)75(56(57)80)32-41-44(59)4-3-5-45(41)60)53(77)70-28-40-47(62)24-37(25-48(40)63)55(79)74-19-17-72(18-20-74)31-34-12-15-73(16-13-34)52-30-68-49(29-69-52)54(78)71-39-8-11-51(38(23-39)27-67-14-21-76)81-33-35-6-10-46(61)43(22-35)58(64,65)66/h3-11,22-26,29-30,34,67,76H,12-21,27-28,31-33H2,1-2H3,(H,70,77)(H,71,78). The molecule has 0 saturated carbocycles. The van der Waals surface area contributed by atoms with Crippen LogP contribution in [0.25, 0.3) is 0 Å². The number of carbonyl (C=O) groups excluding carboxylic acids is 4. The fourth-order valence-electron chi connectivity index (χ4n) is 10.3. The summed E-state index contributed by atoms with van der Waals surface area (Å²) in [5, 5.41) is 17.7. The first-order valence-corrected chi connectivity index (χ1v) is 26.5. The third-order valence-electron chi connectivity index (χ3n) is 14.8. The SMILES string of the molecule is CC1(C)C(=O)N(Cc2c(F)cccc2Cl)c2cc(C(=O)NCc3c(F)cc(C(=O)N4CCN(CC5CCN(c6cnc(C(=O)Nc7ccc(OCc8ccc(F)c(C(F)(F)F)c8)c(CNCCO)c7)cn6)CC5)CC4)cc3F)ccc21. The monoisotopic (exact) mass is 1140 g/mol. The van der Waals surface area contributed by atoms with E-state index >= 15 is 8.78 Å². The van der Waals surface area contributed by atoms with Crippen LogP contribution in [-0.2, 0) is 42.6 Å². The van der Waals surface area contributed by atoms with E-state index in [0.29, 0.717) is 85.3 Å². The van der Waals surface area contributed by atoms with Crippen LogP contribution in [-0.4, -0.2) is 107 Å². The Labute approximate surface area is 467 Å². The average Bonchev–Trinajstić information content (AvgIpc) is 3.23. The molecule has 0 bridgehead atoms. The number of fused-ring (bicyclic) bond motifs is 1. The second-order valence-electron chi connectivity index (χ2n) is 20.6. The van der Waals surface area contributed by atoms with Crippen LogP contribution in [0.5, 0.6) is 5.75 Å². The minimum absolute atomic E-state index is 0.0512. The summed E-state index contributed by atoms with van der Waals surface area (Å²) in [6.45, 7) is 6.68. The molecular weight excluding hydrogens is 1090 g/mol. The number of ether oxygens (including phenoxy) is 1. The number of hydrogen-bond acceptors (Lipinski definition) is 11. The molecule has 4 amide bonds. The number of benzene rings is 5. The first kappa shape index (κ1) is 58.0. The molecule has 2 saturated heterocycles. The van der Waals surface area contributed by atoms with Crippen LogP contribution in [0.4, 0.5) is 47.9 Å². The van der Waals surface area contributed by atoms with Gasteiger partial charge < -0.3 is 40.5 Å². The zero-order valence-electron chi connectivity index (χ0n) is 44.1. The van der Waals surface area contributed by atoms with Crippen LogP contribution >= 0.6 is 11.6 Å². The maximum Gasteiger partial charge on any atom is 0.419 e. The first-order chi connectivity index (χ1) is 38.7. The van der Waals surface area contributed by atoms with E-state index in [0.717, 1.165) is 37.6 Å². The van der Waals surface area contributed by atoms with Gasteiger partial charge in [-0.15, -0.1) is 0 Å². The first-order valence-electron chi connectivity index (χ1n) is 26.2. The highest BCUT2D eigenvalue weighted by Gasteiger charge is 2.44. The lowest BCUT2D eigenvalue weighted by Gasteiger charge is -2.39. The third kappa shape index (κ3) is 13.3. The summed E-state index contributed by atoms with van der Waals surface area (Å²) in [6, 6.07) is 18.1. The molecule has 0 atom stereocenters. The van der Waals surface area contributed by atoms with Crippen LogP contribution in [0.2, 0.25) is 5.02 Å². The smallest absolute Gasteiger partial charge is 0.419 e. The van der Waals surface area contributed by atoms with Gasteiger partial charge in [-0.25, -0.2) is 27.5 Å². The predicted octanol–water partition coefficient (Wildman–Crippen LogP) is 9.05. The highest BCUT2D eigenvalue weighted by molar-refractivity contribution is 6.31. The largest absolute Gasteiger partial charge is 0.489 e. The number of aliphatic hydroxyl groups is 1. The molecule has 5 aromatic carbocycles. The maximum atomic E-state index is 15.5. The van der Waals surface area contributed by atoms with Gasteiger partial charge in [0.1, 0.15) is 47.1 Å². The van der Waals surface area contributed by atoms with E-state index in [1.54, 1.807) is 36.9 Å². The molecule has 4 N–H and O–H groups in total. The Hall–Kier alpha value is -7.66. The number of nitrogens with one attached hydrogen (secondary N) is 3. The van der Waals surface area contributed by atoms with Crippen LogP contribution in [0.3, 0.4) is 0 Å². The summed E-state index contributed by atoms with van der Waals surface area (Å²) >= 11 is 6.27. The van der Waals surface area contributed by atoms with E-state index < -0.39 is 70.3 Å². The van der Waals surface area contributed by atoms with Crippen molar-refractivity contribution in [1.29, 1.82) is 0 Å². The van der Waals surface area contributed by atoms with Gasteiger partial charge in [-0.3, -0.25) is 24.1 Å². The van der Waals surface area contributed by atoms with Crippen molar-refractivity contribution in [3.8, 4) is 5.75 Å². The predicted molar refractivity (Wildman–Crippen MR) is 288 cm³/mol. The molecular formula is C58H57ClF7N9O6. The average molecular weight is 1140 g/mol. The van der Waals surface area contributed by atoms with Crippen molar-refractivity contribution >= 4 is 52.4 Å². The number of anilines is 3. The number of carbonyl (C=O) groups is 4. The summed E-state index contributed by atoms with van der Waals surface area (Å²) in [5.41, 5.74) is -0.734. The minimum Gasteiger partial charge on any atom is -0.489 e. The summed E-state index contributed by atoms with van der Waals surface area (Å²) in [4.78, 5) is 69.9. The summed E-state index contributed by atoms with van der Waals surface area (Å²) in [7, 11) is 0. The summed E-state index contributed by atoms with van der Waals surface area (Å²) in [5.74, 6) is -4.80. The number of halogens is 8. The zero-order chi connectivity index (χ0) is 57.8. The zero-order valence-corrected chi connectivity index (χ0v) is 44.9. The second kappa shape index (κ2) is 24.6. The molecule has 1 aromatic heterocycles. The topological polar surface area (TPSA) is 173 Å². The molecule has 2 fully saturated rings. The Kier molecular flexibility index (Phi) is 17.6. The molecule has 0 aliphatic carbocycles. The molecule has 81 heavy (non-hydrogen) atoms. The fraction of sp³-hybridized carbons (Fsp3) is 0.345. The van der Waals surface area contributed by atoms with Gasteiger partial charge in [0.05, 0.1) is 36.5 Å². The Morgan fingerprint density at radius 3 is 2.21 bits per heavy atom. The number of amides is 4. The Balaban J connectivity index is 0.722. The molecule has 6 aromatic rings. The molecule has 0 radical (unpaired) electrons. The minimum atomic E-state index is -4.88. The summed E-state index contributed by atoms with van der Waals surface area (Å²) < 4.78 is 105. The summed E-state index contributed by atoms with van der Waals surface area (Å²) in [6.07, 6.45) is -0.276. The highest BCUT2D eigenvalue weighted by atomic mass is 35.5. The van der Waals surface area contributed by atoms with E-state index in [2.05, 4.69) is 35.7 Å². The number of aliphatic hydroxyl groups excluding tert-OH is 1. The van der Waals surface area contributed by atoms with Gasteiger partial charge in [-0.2, -0.15) is 13.2 Å². The van der Waals surface area contributed by atoms with Crippen molar-refractivity contribution in [3.63, 3.8) is 0 Å². The van der Waals surface area contributed by atoms with Gasteiger partial charge in [0.25, 0.3) is 17.7 Å². The normalized spacial score (nSPS) is 15.7. The van der Waals surface area contributed by atoms with E-state index in [1.807, 2.05) is 0 Å². The van der Waals surface area contributed by atoms with Gasteiger partial charge in [-0.05, 0) is 110 Å². The number of aromatic nitrogens is 2. The van der Waals surface area contributed by atoms with Gasteiger partial charge in [0, 0.05) is 110 Å². The van der Waals surface area contributed by atoms with E-state index in [9.17, 15) is 46.2 Å². The van der Waals surface area contributed by atoms with Crippen molar-refractivity contribution in [2.24, 2.45) is 5.92 Å². The second-order valence-corrected chi connectivity index (χ2v) is 21.0. The van der Waals surface area contributed by atoms with Gasteiger partial charge in [0.2, 0.25) is 5.91 Å². The lowest BCUT2D eigenvalue weighted by atomic mass is 9.86. The molecule has 0 spiro atoms.